The Labute approximate surface area is 182 Å². The van der Waals surface area contributed by atoms with E-state index in [-0.39, 0.29) is 5.78 Å². The van der Waals surface area contributed by atoms with Gasteiger partial charge in [-0.2, -0.15) is 10.2 Å². The van der Waals surface area contributed by atoms with Gasteiger partial charge >= 0.3 is 0 Å². The van der Waals surface area contributed by atoms with Crippen molar-refractivity contribution >= 4 is 40.4 Å². The summed E-state index contributed by atoms with van der Waals surface area (Å²) in [6.07, 6.45) is 0. The van der Waals surface area contributed by atoms with E-state index in [1.54, 1.807) is 24.3 Å². The van der Waals surface area contributed by atoms with Gasteiger partial charge in [-0.1, -0.05) is 59.6 Å². The molecule has 0 saturated carbocycles. The molecule has 146 valence electrons. The third kappa shape index (κ3) is 3.18. The van der Waals surface area contributed by atoms with Crippen molar-refractivity contribution in [2.24, 2.45) is 5.10 Å². The van der Waals surface area contributed by atoms with Crippen LogP contribution >= 0.6 is 23.2 Å². The summed E-state index contributed by atoms with van der Waals surface area (Å²) >= 11 is 12.0. The molecule has 2 N–H and O–H groups in total. The first-order valence-corrected chi connectivity index (χ1v) is 9.95. The van der Waals surface area contributed by atoms with Gasteiger partial charge in [0.2, 0.25) is 5.78 Å². The largest absolute Gasteiger partial charge is 0.287 e. The molecule has 0 atom stereocenters. The van der Waals surface area contributed by atoms with Crippen LogP contribution in [0.2, 0.25) is 10.0 Å². The molecule has 0 spiro atoms. The van der Waals surface area contributed by atoms with E-state index in [0.29, 0.717) is 32.7 Å². The minimum atomic E-state index is -0.199. The number of halogens is 2. The maximum atomic E-state index is 13.1. The van der Waals surface area contributed by atoms with Crippen LogP contribution in [-0.2, 0) is 0 Å². The molecule has 5 nitrogen and oxygen atoms in total. The van der Waals surface area contributed by atoms with Crippen molar-refractivity contribution in [2.75, 3.05) is 5.43 Å². The number of fused-ring (bicyclic) bond motifs is 3. The zero-order valence-corrected chi connectivity index (χ0v) is 17.0. The lowest BCUT2D eigenvalue weighted by atomic mass is 9.95. The van der Waals surface area contributed by atoms with Crippen molar-refractivity contribution in [3.63, 3.8) is 0 Å². The number of nitrogens with zero attached hydrogens (tertiary/aromatic N) is 2. The first-order chi connectivity index (χ1) is 14.6. The smallest absolute Gasteiger partial charge is 0.212 e. The van der Waals surface area contributed by atoms with E-state index in [0.717, 1.165) is 22.4 Å². The number of nitrogens with one attached hydrogen (secondary N) is 2. The van der Waals surface area contributed by atoms with E-state index in [9.17, 15) is 4.79 Å². The van der Waals surface area contributed by atoms with E-state index < -0.39 is 0 Å². The number of H-pyrrole nitrogens is 1. The number of aromatic nitrogens is 2. The molecule has 4 aromatic rings. The monoisotopic (exact) mass is 432 g/mol. The summed E-state index contributed by atoms with van der Waals surface area (Å²) in [7, 11) is 0. The van der Waals surface area contributed by atoms with Crippen LogP contribution < -0.4 is 5.43 Å². The van der Waals surface area contributed by atoms with Gasteiger partial charge in [-0.05, 0) is 36.4 Å². The van der Waals surface area contributed by atoms with E-state index >= 15 is 0 Å². The molecule has 1 aliphatic rings. The van der Waals surface area contributed by atoms with Crippen molar-refractivity contribution in [1.29, 1.82) is 0 Å². The number of hydrogen-bond acceptors (Lipinski definition) is 4. The molecule has 7 heteroatoms. The molecule has 5 rings (SSSR count). The molecule has 1 aromatic heterocycles. The second-order valence-electron chi connectivity index (χ2n) is 6.78. The quantitative estimate of drug-likeness (QED) is 0.402. The molecule has 0 saturated heterocycles. The maximum Gasteiger partial charge on any atom is 0.212 e. The highest BCUT2D eigenvalue weighted by molar-refractivity contribution is 6.31. The molecule has 1 aliphatic heterocycles. The highest BCUT2D eigenvalue weighted by atomic mass is 35.5. The standard InChI is InChI=1S/C23H14Cl2N4O/c24-15-9-5-13(6-10-15)19-17-3-1-2-4-18(17)20-21(28-26-19)22(29-27-20)23(30)14-7-11-16(25)12-8-14/h1-12,28H,(H,27,29). The molecule has 0 aliphatic carbocycles. The summed E-state index contributed by atoms with van der Waals surface area (Å²) in [5, 5.41) is 13.2. The maximum absolute atomic E-state index is 13.1. The molecule has 0 fully saturated rings. The Hall–Kier alpha value is -3.41. The van der Waals surface area contributed by atoms with Crippen LogP contribution in [0.25, 0.3) is 11.3 Å². The van der Waals surface area contributed by atoms with Gasteiger partial charge in [-0.15, -0.1) is 0 Å². The molecule has 2 heterocycles. The third-order valence-electron chi connectivity index (χ3n) is 4.93. The van der Waals surface area contributed by atoms with Gasteiger partial charge < -0.3 is 0 Å². The second-order valence-corrected chi connectivity index (χ2v) is 7.66. The lowest BCUT2D eigenvalue weighted by Crippen LogP contribution is -2.08. The number of rotatable bonds is 3. The van der Waals surface area contributed by atoms with Gasteiger partial charge in [0.15, 0.2) is 0 Å². The summed E-state index contributed by atoms with van der Waals surface area (Å²) < 4.78 is 0. The van der Waals surface area contributed by atoms with Crippen molar-refractivity contribution in [1.82, 2.24) is 10.2 Å². The van der Waals surface area contributed by atoms with Gasteiger partial charge in [0.1, 0.15) is 17.1 Å². The topological polar surface area (TPSA) is 70.1 Å². The molecule has 3 aromatic carbocycles. The van der Waals surface area contributed by atoms with Gasteiger partial charge in [-0.3, -0.25) is 15.3 Å². The van der Waals surface area contributed by atoms with Crippen molar-refractivity contribution < 1.29 is 4.79 Å². The Morgan fingerprint density at radius 1 is 0.800 bits per heavy atom. The Bertz CT molecular complexity index is 1290. The fourth-order valence-corrected chi connectivity index (χ4v) is 3.70. The number of aromatic amines is 1. The number of carbonyl (C=O) groups excluding carboxylic acids is 1. The van der Waals surface area contributed by atoms with Crippen LogP contribution in [0.15, 0.2) is 77.9 Å². The number of ketones is 1. The summed E-state index contributed by atoms with van der Waals surface area (Å²) in [4.78, 5) is 13.1. The number of hydrazone groups is 1. The molecular weight excluding hydrogens is 419 g/mol. The minimum Gasteiger partial charge on any atom is -0.287 e. The Morgan fingerprint density at radius 2 is 1.43 bits per heavy atom. The zero-order chi connectivity index (χ0) is 20.7. The molecule has 0 radical (unpaired) electrons. The summed E-state index contributed by atoms with van der Waals surface area (Å²) in [5.41, 5.74) is 8.49. The van der Waals surface area contributed by atoms with Crippen molar-refractivity contribution in [3.8, 4) is 11.3 Å². The third-order valence-corrected chi connectivity index (χ3v) is 5.44. The second kappa shape index (κ2) is 7.44. The van der Waals surface area contributed by atoms with Gasteiger partial charge in [0, 0.05) is 32.3 Å². The van der Waals surface area contributed by atoms with Crippen LogP contribution in [0, 0.1) is 0 Å². The molecule has 0 unspecified atom stereocenters. The van der Waals surface area contributed by atoms with E-state index in [4.69, 9.17) is 23.2 Å². The number of hydrogen-bond donors (Lipinski definition) is 2. The normalized spacial score (nSPS) is 12.3. The van der Waals surface area contributed by atoms with Crippen LogP contribution in [0.5, 0.6) is 0 Å². The predicted octanol–water partition coefficient (Wildman–Crippen LogP) is 5.79. The zero-order valence-electron chi connectivity index (χ0n) is 15.5. The summed E-state index contributed by atoms with van der Waals surface area (Å²) in [6.45, 7) is 0. The first-order valence-electron chi connectivity index (χ1n) is 9.20. The predicted molar refractivity (Wildman–Crippen MR) is 120 cm³/mol. The number of benzene rings is 3. The first kappa shape index (κ1) is 18.6. The summed E-state index contributed by atoms with van der Waals surface area (Å²) in [5.74, 6) is -0.199. The lowest BCUT2D eigenvalue weighted by molar-refractivity contribution is 0.103. The average molecular weight is 433 g/mol. The van der Waals surface area contributed by atoms with Gasteiger partial charge in [-0.25, -0.2) is 0 Å². The minimum absolute atomic E-state index is 0.199. The fraction of sp³-hybridized carbons (Fsp3) is 0. The van der Waals surface area contributed by atoms with Crippen LogP contribution in [-0.4, -0.2) is 21.7 Å². The van der Waals surface area contributed by atoms with E-state index in [1.807, 2.05) is 48.5 Å². The van der Waals surface area contributed by atoms with E-state index in [2.05, 4.69) is 20.7 Å². The van der Waals surface area contributed by atoms with Crippen LogP contribution in [0.4, 0.5) is 5.69 Å². The molecule has 0 bridgehead atoms. The van der Waals surface area contributed by atoms with Crippen molar-refractivity contribution in [2.45, 2.75) is 0 Å². The Kier molecular flexibility index (Phi) is 4.62. The van der Waals surface area contributed by atoms with Crippen molar-refractivity contribution in [3.05, 3.63) is 105 Å². The molecule has 30 heavy (non-hydrogen) atoms. The highest BCUT2D eigenvalue weighted by Crippen LogP contribution is 2.36. The Balaban J connectivity index is 1.64. The highest BCUT2D eigenvalue weighted by Gasteiger charge is 2.26. The fourth-order valence-electron chi connectivity index (χ4n) is 3.45. The number of carbonyl (C=O) groups is 1. The average Bonchev–Trinajstić information content (AvgIpc) is 3.12. The van der Waals surface area contributed by atoms with E-state index in [1.165, 1.54) is 0 Å². The Morgan fingerprint density at radius 3 is 2.13 bits per heavy atom. The van der Waals surface area contributed by atoms with Gasteiger partial charge in [0.05, 0.1) is 5.71 Å². The van der Waals surface area contributed by atoms with Crippen LogP contribution in [0.1, 0.15) is 27.2 Å². The SMILES string of the molecule is O=C(c1ccc(Cl)cc1)c1[nH]nc2c1NN=C(c1ccc(Cl)cc1)c1ccccc1-2. The summed E-state index contributed by atoms with van der Waals surface area (Å²) in [6, 6.07) is 22.0. The lowest BCUT2D eigenvalue weighted by Gasteiger charge is -2.08. The van der Waals surface area contributed by atoms with Crippen LogP contribution in [0.3, 0.4) is 0 Å². The van der Waals surface area contributed by atoms with Gasteiger partial charge in [0.25, 0.3) is 0 Å². The molecular formula is C23H14Cl2N4O. The number of anilines is 1. The molecule has 0 amide bonds.